The van der Waals surface area contributed by atoms with Crippen LogP contribution in [0.3, 0.4) is 0 Å². The summed E-state index contributed by atoms with van der Waals surface area (Å²) in [4.78, 5) is 45.8. The van der Waals surface area contributed by atoms with Gasteiger partial charge in [0.15, 0.2) is 0 Å². The van der Waals surface area contributed by atoms with Crippen LogP contribution in [0.4, 0.5) is 0 Å². The first-order valence-electron chi connectivity index (χ1n) is 11.7. The molecule has 0 radical (unpaired) electrons. The van der Waals surface area contributed by atoms with E-state index in [-0.39, 0.29) is 29.7 Å². The summed E-state index contributed by atoms with van der Waals surface area (Å²) in [5, 5.41) is 5.91. The minimum absolute atomic E-state index is 0.0948. The van der Waals surface area contributed by atoms with Crippen molar-refractivity contribution in [3.63, 3.8) is 0 Å². The summed E-state index contributed by atoms with van der Waals surface area (Å²) in [6.07, 6.45) is 4.58. The Morgan fingerprint density at radius 2 is 2.09 bits per heavy atom. The first-order valence-corrected chi connectivity index (χ1v) is 11.7. The van der Waals surface area contributed by atoms with Crippen LogP contribution in [0.1, 0.15) is 52.1 Å². The molecule has 4 aliphatic rings. The Morgan fingerprint density at radius 1 is 1.21 bits per heavy atom. The van der Waals surface area contributed by atoms with Crippen molar-refractivity contribution in [2.24, 2.45) is 7.05 Å². The molecule has 2 atom stereocenters. The number of piperidine rings is 1. The summed E-state index contributed by atoms with van der Waals surface area (Å²) in [5.41, 5.74) is 5.21. The lowest BCUT2D eigenvalue weighted by Crippen LogP contribution is -2.52. The van der Waals surface area contributed by atoms with Gasteiger partial charge >= 0.3 is 0 Å². The molecule has 2 unspecified atom stereocenters. The van der Waals surface area contributed by atoms with E-state index in [1.165, 1.54) is 11.4 Å². The molecule has 2 fully saturated rings. The smallest absolute Gasteiger partial charge is 0.255 e. The van der Waals surface area contributed by atoms with E-state index in [1.807, 2.05) is 18.5 Å². The number of hydrogen-bond acceptors (Lipinski definition) is 6. The number of carbonyl (C=O) groups is 3. The molecule has 1 spiro atoms. The molecule has 2 aromatic rings. The number of benzene rings is 1. The number of rotatable bonds is 3. The fourth-order valence-corrected chi connectivity index (χ4v) is 6.07. The van der Waals surface area contributed by atoms with Crippen molar-refractivity contribution in [2.75, 3.05) is 19.6 Å². The predicted molar refractivity (Wildman–Crippen MR) is 119 cm³/mol. The van der Waals surface area contributed by atoms with Gasteiger partial charge in [0, 0.05) is 57.3 Å². The second kappa shape index (κ2) is 7.50. The van der Waals surface area contributed by atoms with Crippen LogP contribution in [0.25, 0.3) is 0 Å². The monoisotopic (exact) mass is 448 g/mol. The average molecular weight is 449 g/mol. The van der Waals surface area contributed by atoms with Gasteiger partial charge in [-0.25, -0.2) is 4.98 Å². The third-order valence-corrected chi connectivity index (χ3v) is 7.82. The highest BCUT2D eigenvalue weighted by Gasteiger charge is 2.47. The SMILES string of the molecule is Cn1cnc2c1CCN(Cc1ccc3c(c1)CN(C1CCC(=O)NC1=O)C3=O)C21CCNC1. The fraction of sp³-hybridized carbons (Fsp3) is 0.500. The van der Waals surface area contributed by atoms with E-state index in [4.69, 9.17) is 4.98 Å². The van der Waals surface area contributed by atoms with E-state index in [0.29, 0.717) is 18.5 Å². The molecule has 0 aliphatic carbocycles. The number of aryl methyl sites for hydroxylation is 1. The number of imidazole rings is 1. The van der Waals surface area contributed by atoms with Crippen molar-refractivity contribution >= 4 is 17.7 Å². The standard InChI is InChI=1S/C24H28N6O3/c1-28-14-26-21-18(28)6-9-29(24(21)7-8-25-13-24)11-15-2-3-17-16(10-15)12-30(23(17)33)19-4-5-20(31)27-22(19)32/h2-3,10,14,19,25H,4-9,11-13H2,1H3,(H,27,31,32). The summed E-state index contributed by atoms with van der Waals surface area (Å²) in [5.74, 6) is -0.767. The van der Waals surface area contributed by atoms with Gasteiger partial charge in [0.05, 0.1) is 17.6 Å². The summed E-state index contributed by atoms with van der Waals surface area (Å²) in [6, 6.07) is 5.47. The molecule has 0 bridgehead atoms. The molecule has 3 amide bonds. The summed E-state index contributed by atoms with van der Waals surface area (Å²) < 4.78 is 2.15. The molecule has 172 valence electrons. The third kappa shape index (κ3) is 3.13. The first-order chi connectivity index (χ1) is 16.0. The maximum Gasteiger partial charge on any atom is 0.255 e. The van der Waals surface area contributed by atoms with Gasteiger partial charge in [-0.1, -0.05) is 12.1 Å². The molecule has 2 saturated heterocycles. The van der Waals surface area contributed by atoms with Crippen molar-refractivity contribution in [1.82, 2.24) is 30.0 Å². The number of amides is 3. The van der Waals surface area contributed by atoms with E-state index in [1.54, 1.807) is 4.90 Å². The average Bonchev–Trinajstić information content (AvgIpc) is 3.50. The van der Waals surface area contributed by atoms with Crippen molar-refractivity contribution < 1.29 is 14.4 Å². The maximum absolute atomic E-state index is 13.0. The zero-order chi connectivity index (χ0) is 22.7. The van der Waals surface area contributed by atoms with Gasteiger partial charge in [0.1, 0.15) is 6.04 Å². The van der Waals surface area contributed by atoms with Gasteiger partial charge in [-0.2, -0.15) is 0 Å². The Hall–Kier alpha value is -3.04. The predicted octanol–water partition coefficient (Wildman–Crippen LogP) is 0.428. The highest BCUT2D eigenvalue weighted by Crippen LogP contribution is 2.40. The highest BCUT2D eigenvalue weighted by molar-refractivity contribution is 6.05. The Bertz CT molecular complexity index is 1160. The van der Waals surface area contributed by atoms with Crippen LogP contribution < -0.4 is 10.6 Å². The highest BCUT2D eigenvalue weighted by atomic mass is 16.2. The van der Waals surface area contributed by atoms with Crippen LogP contribution in [0.2, 0.25) is 0 Å². The van der Waals surface area contributed by atoms with Gasteiger partial charge in [0.2, 0.25) is 11.8 Å². The van der Waals surface area contributed by atoms with E-state index >= 15 is 0 Å². The van der Waals surface area contributed by atoms with Crippen LogP contribution >= 0.6 is 0 Å². The quantitative estimate of drug-likeness (QED) is 0.661. The first kappa shape index (κ1) is 20.6. The maximum atomic E-state index is 13.0. The lowest BCUT2D eigenvalue weighted by molar-refractivity contribution is -0.136. The van der Waals surface area contributed by atoms with Crippen LogP contribution in [0.15, 0.2) is 24.5 Å². The molecule has 2 N–H and O–H groups in total. The second-order valence-corrected chi connectivity index (χ2v) is 9.67. The molecule has 9 nitrogen and oxygen atoms in total. The number of fused-ring (bicyclic) bond motifs is 3. The zero-order valence-corrected chi connectivity index (χ0v) is 18.8. The molecule has 5 heterocycles. The van der Waals surface area contributed by atoms with Gasteiger partial charge in [-0.3, -0.25) is 24.6 Å². The molecule has 1 aromatic carbocycles. The van der Waals surface area contributed by atoms with Crippen molar-refractivity contribution in [3.8, 4) is 0 Å². The number of hydrogen-bond donors (Lipinski definition) is 2. The summed E-state index contributed by atoms with van der Waals surface area (Å²) in [7, 11) is 2.07. The Labute approximate surface area is 192 Å². The van der Waals surface area contributed by atoms with Crippen molar-refractivity contribution in [2.45, 2.75) is 50.4 Å². The molecule has 33 heavy (non-hydrogen) atoms. The molecular formula is C24H28N6O3. The normalized spacial score (nSPS) is 27.2. The molecule has 0 saturated carbocycles. The van der Waals surface area contributed by atoms with Gasteiger partial charge < -0.3 is 14.8 Å². The number of aromatic nitrogens is 2. The number of carbonyl (C=O) groups excluding carboxylic acids is 3. The van der Waals surface area contributed by atoms with E-state index < -0.39 is 6.04 Å². The van der Waals surface area contributed by atoms with Crippen molar-refractivity contribution in [1.29, 1.82) is 0 Å². The topological polar surface area (TPSA) is 99.6 Å². The van der Waals surface area contributed by atoms with E-state index in [9.17, 15) is 14.4 Å². The van der Waals surface area contributed by atoms with Crippen LogP contribution in [-0.4, -0.2) is 62.7 Å². The largest absolute Gasteiger partial charge is 0.337 e. The van der Waals surface area contributed by atoms with E-state index in [2.05, 4.69) is 33.2 Å². The third-order valence-electron chi connectivity index (χ3n) is 7.82. The van der Waals surface area contributed by atoms with Crippen molar-refractivity contribution in [3.05, 3.63) is 52.6 Å². The molecule has 6 rings (SSSR count). The van der Waals surface area contributed by atoms with Gasteiger partial charge in [-0.05, 0) is 36.6 Å². The number of nitrogens with one attached hydrogen (secondary N) is 2. The second-order valence-electron chi connectivity index (χ2n) is 9.67. The fourth-order valence-electron chi connectivity index (χ4n) is 6.07. The minimum Gasteiger partial charge on any atom is -0.337 e. The lowest BCUT2D eigenvalue weighted by Gasteiger charge is -2.44. The van der Waals surface area contributed by atoms with E-state index in [0.717, 1.165) is 50.1 Å². The molecule has 1 aromatic heterocycles. The number of imide groups is 1. The number of nitrogens with zero attached hydrogens (tertiary/aromatic N) is 4. The molecular weight excluding hydrogens is 420 g/mol. The van der Waals surface area contributed by atoms with Crippen LogP contribution in [-0.2, 0) is 41.7 Å². The zero-order valence-electron chi connectivity index (χ0n) is 18.8. The van der Waals surface area contributed by atoms with Crippen LogP contribution in [0.5, 0.6) is 0 Å². The molecule has 9 heteroatoms. The van der Waals surface area contributed by atoms with Crippen LogP contribution in [0, 0.1) is 0 Å². The van der Waals surface area contributed by atoms with Gasteiger partial charge in [0.25, 0.3) is 5.91 Å². The Morgan fingerprint density at radius 3 is 2.88 bits per heavy atom. The Balaban J connectivity index is 1.25. The van der Waals surface area contributed by atoms with Gasteiger partial charge in [-0.15, -0.1) is 0 Å². The Kier molecular flexibility index (Phi) is 4.67. The molecule has 4 aliphatic heterocycles. The minimum atomic E-state index is -0.580. The lowest BCUT2D eigenvalue weighted by atomic mass is 9.85. The summed E-state index contributed by atoms with van der Waals surface area (Å²) >= 11 is 0. The summed E-state index contributed by atoms with van der Waals surface area (Å²) in [6.45, 7) is 4.03.